The maximum absolute atomic E-state index is 13.9. The fraction of sp³-hybridized carbons (Fsp3) is 0.214. The summed E-state index contributed by atoms with van der Waals surface area (Å²) in [7, 11) is 1.45. The average molecular weight is 514 g/mol. The van der Waals surface area contributed by atoms with Gasteiger partial charge in [0.05, 0.1) is 12.2 Å². The van der Waals surface area contributed by atoms with Gasteiger partial charge in [-0.25, -0.2) is 9.48 Å². The minimum absolute atomic E-state index is 0.144. The van der Waals surface area contributed by atoms with Gasteiger partial charge in [-0.1, -0.05) is 62.4 Å². The predicted octanol–water partition coefficient (Wildman–Crippen LogP) is 3.83. The van der Waals surface area contributed by atoms with E-state index in [2.05, 4.69) is 4.98 Å². The van der Waals surface area contributed by atoms with E-state index in [-0.39, 0.29) is 28.5 Å². The second-order valence-corrected chi connectivity index (χ2v) is 10.7. The fourth-order valence-electron chi connectivity index (χ4n) is 4.31. The Morgan fingerprint density at radius 3 is 2.30 bits per heavy atom. The average Bonchev–Trinajstić information content (AvgIpc) is 3.29. The van der Waals surface area contributed by atoms with Crippen LogP contribution in [-0.2, 0) is 31.3 Å². The normalized spacial score (nSPS) is 12.4. The van der Waals surface area contributed by atoms with Crippen LogP contribution in [0.25, 0.3) is 22.3 Å². The zero-order chi connectivity index (χ0) is 26.1. The molecule has 5 aromatic rings. The third kappa shape index (κ3) is 4.75. The minimum Gasteiger partial charge on any atom is -0.605 e. The second kappa shape index (κ2) is 10.2. The van der Waals surface area contributed by atoms with Crippen molar-refractivity contribution in [3.8, 4) is 11.3 Å². The van der Waals surface area contributed by atoms with Gasteiger partial charge in [0.1, 0.15) is 0 Å². The molecule has 1 atom stereocenters. The van der Waals surface area contributed by atoms with Crippen molar-refractivity contribution in [3.63, 3.8) is 0 Å². The first-order valence-electron chi connectivity index (χ1n) is 12.0. The molecule has 37 heavy (non-hydrogen) atoms. The highest BCUT2D eigenvalue weighted by Gasteiger charge is 2.30. The van der Waals surface area contributed by atoms with Crippen molar-refractivity contribution in [1.29, 1.82) is 0 Å². The molecule has 0 N–H and O–H groups in total. The molecule has 0 saturated heterocycles. The predicted molar refractivity (Wildman–Crippen MR) is 144 cm³/mol. The molecule has 5 rings (SSSR count). The molecule has 2 aromatic carbocycles. The molecule has 3 heterocycles. The van der Waals surface area contributed by atoms with E-state index >= 15 is 0 Å². The van der Waals surface area contributed by atoms with Gasteiger partial charge in [0.25, 0.3) is 10.6 Å². The van der Waals surface area contributed by atoms with Crippen LogP contribution in [0.4, 0.5) is 0 Å². The molecule has 0 aliphatic carbocycles. The van der Waals surface area contributed by atoms with Crippen LogP contribution in [-0.4, -0.2) is 28.5 Å². The van der Waals surface area contributed by atoms with Crippen molar-refractivity contribution in [2.75, 3.05) is 0 Å². The first-order valence-corrected chi connectivity index (χ1v) is 13.2. The van der Waals surface area contributed by atoms with Gasteiger partial charge >= 0.3 is 5.69 Å². The lowest BCUT2D eigenvalue weighted by atomic mass is 10.1. The third-order valence-corrected chi connectivity index (χ3v) is 7.57. The highest BCUT2D eigenvalue weighted by Crippen LogP contribution is 2.27. The van der Waals surface area contributed by atoms with E-state index in [1.807, 2.05) is 62.4 Å². The van der Waals surface area contributed by atoms with Gasteiger partial charge in [0.15, 0.2) is 15.9 Å². The van der Waals surface area contributed by atoms with Gasteiger partial charge in [-0.15, -0.1) is 5.10 Å². The Bertz CT molecular complexity index is 1660. The van der Waals surface area contributed by atoms with Crippen LogP contribution in [0.2, 0.25) is 0 Å². The second-order valence-electron chi connectivity index (χ2n) is 9.31. The number of rotatable bonds is 7. The van der Waals surface area contributed by atoms with E-state index in [1.165, 1.54) is 11.6 Å². The molecule has 0 bridgehead atoms. The first-order chi connectivity index (χ1) is 17.8. The lowest BCUT2D eigenvalue weighted by Gasteiger charge is -2.13. The van der Waals surface area contributed by atoms with Gasteiger partial charge in [-0.05, 0) is 35.7 Å². The monoisotopic (exact) mass is 513 g/mol. The molecule has 9 heteroatoms. The van der Waals surface area contributed by atoms with Crippen molar-refractivity contribution in [2.45, 2.75) is 36.9 Å². The number of aromatic nitrogens is 5. The van der Waals surface area contributed by atoms with E-state index < -0.39 is 22.4 Å². The summed E-state index contributed by atoms with van der Waals surface area (Å²) in [6.45, 7) is 4.65. The molecule has 0 spiro atoms. The molecule has 0 saturated carbocycles. The summed E-state index contributed by atoms with van der Waals surface area (Å²) in [5, 5.41) is 5.20. The maximum Gasteiger partial charge on any atom is 0.332 e. The summed E-state index contributed by atoms with van der Waals surface area (Å²) in [5.41, 5.74) is 2.07. The summed E-state index contributed by atoms with van der Waals surface area (Å²) in [6.07, 6.45) is 1.75. The zero-order valence-corrected chi connectivity index (χ0v) is 21.7. The Morgan fingerprint density at radius 2 is 1.65 bits per heavy atom. The Balaban J connectivity index is 1.68. The van der Waals surface area contributed by atoms with E-state index in [9.17, 15) is 14.1 Å². The lowest BCUT2D eigenvalue weighted by Crippen LogP contribution is -2.39. The first kappa shape index (κ1) is 24.7. The molecule has 0 aliphatic rings. The number of fused-ring (bicyclic) bond motifs is 1. The van der Waals surface area contributed by atoms with Crippen LogP contribution in [0.1, 0.15) is 19.4 Å². The van der Waals surface area contributed by atoms with Gasteiger partial charge < -0.3 is 4.55 Å². The molecule has 8 nitrogen and oxygen atoms in total. The summed E-state index contributed by atoms with van der Waals surface area (Å²) in [4.78, 5) is 31.3. The standard InChI is InChI=1S/C28H27N5O3S/c1-19(2)17-32-25-24(26(34)31(3)28(32)35)27(37(36)22-9-5-4-6-10-22)33(30-25)18-20-12-14-21(15-13-20)23-11-7-8-16-29-23/h4-16,19H,17-18H2,1-3H3. The van der Waals surface area contributed by atoms with Crippen molar-refractivity contribution in [2.24, 2.45) is 13.0 Å². The van der Waals surface area contributed by atoms with E-state index in [1.54, 1.807) is 35.1 Å². The topological polar surface area (TPSA) is 97.8 Å². The van der Waals surface area contributed by atoms with Crippen molar-refractivity contribution < 1.29 is 4.55 Å². The summed E-state index contributed by atoms with van der Waals surface area (Å²) in [5.74, 6) is 0.144. The van der Waals surface area contributed by atoms with Gasteiger partial charge in [-0.3, -0.25) is 18.9 Å². The highest BCUT2D eigenvalue weighted by molar-refractivity contribution is 7.91. The number of nitrogens with zero attached hydrogens (tertiary/aromatic N) is 5. The summed E-state index contributed by atoms with van der Waals surface area (Å²) >= 11 is -1.69. The molecule has 0 aliphatic heterocycles. The van der Waals surface area contributed by atoms with Crippen LogP contribution in [0.5, 0.6) is 0 Å². The van der Waals surface area contributed by atoms with Gasteiger partial charge in [0, 0.05) is 36.5 Å². The molecule has 0 radical (unpaired) electrons. The van der Waals surface area contributed by atoms with Crippen molar-refractivity contribution in [3.05, 3.63) is 105 Å². The van der Waals surface area contributed by atoms with E-state index in [4.69, 9.17) is 5.10 Å². The molecular weight excluding hydrogens is 486 g/mol. The minimum atomic E-state index is -1.69. The SMILES string of the molecule is CC(C)Cn1c(=O)n(C)c(=O)c2c([S+]([O-])c3ccccc3)n(Cc3ccc(-c4ccccn4)cc3)nc21. The van der Waals surface area contributed by atoms with Crippen LogP contribution >= 0.6 is 0 Å². The van der Waals surface area contributed by atoms with Gasteiger partial charge in [-0.2, -0.15) is 0 Å². The molecule has 0 amide bonds. The largest absolute Gasteiger partial charge is 0.605 e. The molecular formula is C28H27N5O3S. The number of benzene rings is 2. The molecule has 3 aromatic heterocycles. The molecule has 0 fully saturated rings. The van der Waals surface area contributed by atoms with Crippen LogP contribution in [0, 0.1) is 5.92 Å². The van der Waals surface area contributed by atoms with E-state index in [0.717, 1.165) is 21.4 Å². The Kier molecular flexibility index (Phi) is 6.82. The highest BCUT2D eigenvalue weighted by atomic mass is 32.2. The van der Waals surface area contributed by atoms with Crippen molar-refractivity contribution in [1.82, 2.24) is 23.9 Å². The Hall–Kier alpha value is -3.95. The number of hydrogen-bond donors (Lipinski definition) is 0. The Morgan fingerprint density at radius 1 is 0.946 bits per heavy atom. The summed E-state index contributed by atoms with van der Waals surface area (Å²) in [6, 6.07) is 22.6. The van der Waals surface area contributed by atoms with Crippen LogP contribution < -0.4 is 11.2 Å². The van der Waals surface area contributed by atoms with E-state index in [0.29, 0.717) is 11.4 Å². The van der Waals surface area contributed by atoms with Crippen LogP contribution in [0.3, 0.4) is 0 Å². The van der Waals surface area contributed by atoms with Crippen LogP contribution in [0.15, 0.2) is 98.5 Å². The molecule has 1 unspecified atom stereocenters. The maximum atomic E-state index is 13.9. The lowest BCUT2D eigenvalue weighted by molar-refractivity contribution is 0.497. The fourth-order valence-corrected chi connectivity index (χ4v) is 5.59. The number of hydrogen-bond acceptors (Lipinski definition) is 5. The zero-order valence-electron chi connectivity index (χ0n) is 20.9. The van der Waals surface area contributed by atoms with Gasteiger partial charge in [0.2, 0.25) is 0 Å². The quantitative estimate of drug-likeness (QED) is 0.308. The Labute approximate surface area is 217 Å². The number of pyridine rings is 1. The van der Waals surface area contributed by atoms with Crippen molar-refractivity contribution >= 4 is 22.2 Å². The molecule has 188 valence electrons. The smallest absolute Gasteiger partial charge is 0.332 e. The summed E-state index contributed by atoms with van der Waals surface area (Å²) < 4.78 is 18.0. The third-order valence-electron chi connectivity index (χ3n) is 6.11.